The summed E-state index contributed by atoms with van der Waals surface area (Å²) in [4.78, 5) is 25.9. The molecule has 110 valence electrons. The number of ether oxygens (including phenoxy) is 1. The molecule has 0 fully saturated rings. The van der Waals surface area contributed by atoms with Crippen LogP contribution in [0, 0.1) is 10.1 Å². The van der Waals surface area contributed by atoms with Gasteiger partial charge in [-0.1, -0.05) is 0 Å². The van der Waals surface area contributed by atoms with E-state index in [0.29, 0.717) is 13.2 Å². The number of nitrogens with one attached hydrogen (secondary N) is 2. The first kappa shape index (κ1) is 15.8. The molecule has 20 heavy (non-hydrogen) atoms. The van der Waals surface area contributed by atoms with Crippen LogP contribution in [0.2, 0.25) is 0 Å². The number of rotatable bonds is 7. The van der Waals surface area contributed by atoms with E-state index in [1.54, 1.807) is 7.05 Å². The van der Waals surface area contributed by atoms with Crippen molar-refractivity contribution in [3.05, 3.63) is 27.9 Å². The first-order chi connectivity index (χ1) is 9.45. The Hall–Kier alpha value is -2.22. The lowest BCUT2D eigenvalue weighted by molar-refractivity contribution is -0.385. The Bertz CT molecular complexity index is 490. The van der Waals surface area contributed by atoms with Crippen LogP contribution in [0.1, 0.15) is 24.2 Å². The van der Waals surface area contributed by atoms with Crippen molar-refractivity contribution in [3.63, 3.8) is 0 Å². The summed E-state index contributed by atoms with van der Waals surface area (Å²) in [5.74, 6) is -0.143. The molecule has 0 radical (unpaired) electrons. The zero-order chi connectivity index (χ0) is 15.1. The molecule has 0 saturated carbocycles. The molecule has 0 aliphatic carbocycles. The molecule has 1 aromatic heterocycles. The highest BCUT2D eigenvalue weighted by atomic mass is 16.6. The lowest BCUT2D eigenvalue weighted by atomic mass is 10.2. The minimum absolute atomic E-state index is 0.0826. The number of aromatic nitrogens is 1. The molecule has 2 N–H and O–H groups in total. The average molecular weight is 282 g/mol. The number of hydrogen-bond acceptors (Lipinski definition) is 6. The molecule has 0 aliphatic heterocycles. The standard InChI is InChI=1S/C12H18N4O4/c1-8(2)20-5-4-14-12(17)10-6-9(16(18)19)7-15-11(10)13-3/h6-8H,4-5H2,1-3H3,(H,13,15)(H,14,17). The number of hydrogen-bond donors (Lipinski definition) is 2. The van der Waals surface area contributed by atoms with E-state index in [2.05, 4.69) is 15.6 Å². The highest BCUT2D eigenvalue weighted by molar-refractivity contribution is 5.99. The summed E-state index contributed by atoms with van der Waals surface area (Å²) >= 11 is 0. The Balaban J connectivity index is 2.74. The van der Waals surface area contributed by atoms with Crippen LogP contribution in [-0.4, -0.2) is 42.1 Å². The van der Waals surface area contributed by atoms with Gasteiger partial charge in [-0.15, -0.1) is 0 Å². The second kappa shape index (κ2) is 7.39. The molecule has 8 nitrogen and oxygen atoms in total. The Labute approximate surface area is 116 Å². The summed E-state index contributed by atoms with van der Waals surface area (Å²) in [5, 5.41) is 16.1. The number of nitro groups is 1. The molecule has 0 aromatic carbocycles. The van der Waals surface area contributed by atoms with E-state index >= 15 is 0 Å². The van der Waals surface area contributed by atoms with Crippen molar-refractivity contribution in [3.8, 4) is 0 Å². The zero-order valence-electron chi connectivity index (χ0n) is 11.7. The Morgan fingerprint density at radius 3 is 2.80 bits per heavy atom. The van der Waals surface area contributed by atoms with Crippen LogP contribution in [0.4, 0.5) is 11.5 Å². The van der Waals surface area contributed by atoms with Crippen molar-refractivity contribution >= 4 is 17.4 Å². The summed E-state index contributed by atoms with van der Waals surface area (Å²) in [6.45, 7) is 4.49. The summed E-state index contributed by atoms with van der Waals surface area (Å²) in [6.07, 6.45) is 1.18. The smallest absolute Gasteiger partial charge is 0.288 e. The fraction of sp³-hybridized carbons (Fsp3) is 0.500. The highest BCUT2D eigenvalue weighted by Gasteiger charge is 2.17. The molecule has 0 spiro atoms. The van der Waals surface area contributed by atoms with E-state index < -0.39 is 10.8 Å². The monoisotopic (exact) mass is 282 g/mol. The van der Waals surface area contributed by atoms with Gasteiger partial charge in [0, 0.05) is 19.7 Å². The van der Waals surface area contributed by atoms with Crippen LogP contribution >= 0.6 is 0 Å². The molecule has 0 aliphatic rings. The Kier molecular flexibility index (Phi) is 5.85. The highest BCUT2D eigenvalue weighted by Crippen LogP contribution is 2.18. The second-order valence-electron chi connectivity index (χ2n) is 4.27. The molecule has 0 unspecified atom stereocenters. The summed E-state index contributed by atoms with van der Waals surface area (Å²) in [5.41, 5.74) is -0.0983. The van der Waals surface area contributed by atoms with Crippen LogP contribution in [0.15, 0.2) is 12.3 Å². The second-order valence-corrected chi connectivity index (χ2v) is 4.27. The third-order valence-electron chi connectivity index (χ3n) is 2.40. The van der Waals surface area contributed by atoms with Gasteiger partial charge in [0.1, 0.15) is 12.0 Å². The quantitative estimate of drug-likeness (QED) is 0.442. The van der Waals surface area contributed by atoms with Crippen LogP contribution in [0.25, 0.3) is 0 Å². The third-order valence-corrected chi connectivity index (χ3v) is 2.40. The topological polar surface area (TPSA) is 106 Å². The van der Waals surface area contributed by atoms with E-state index in [4.69, 9.17) is 4.74 Å². The molecule has 0 atom stereocenters. The summed E-state index contributed by atoms with van der Waals surface area (Å²) < 4.78 is 5.29. The van der Waals surface area contributed by atoms with E-state index in [9.17, 15) is 14.9 Å². The minimum atomic E-state index is -0.592. The van der Waals surface area contributed by atoms with Gasteiger partial charge in [0.15, 0.2) is 0 Å². The first-order valence-electron chi connectivity index (χ1n) is 6.17. The maximum atomic E-state index is 12.0. The van der Waals surface area contributed by atoms with E-state index in [0.717, 1.165) is 6.20 Å². The molecular formula is C12H18N4O4. The molecule has 8 heteroatoms. The predicted octanol–water partition coefficient (Wildman–Crippen LogP) is 1.19. The van der Waals surface area contributed by atoms with Gasteiger partial charge in [0.25, 0.3) is 11.6 Å². The predicted molar refractivity (Wildman–Crippen MR) is 73.9 cm³/mol. The third kappa shape index (κ3) is 4.47. The van der Waals surface area contributed by atoms with Crippen molar-refractivity contribution in [2.45, 2.75) is 20.0 Å². The lowest BCUT2D eigenvalue weighted by Gasteiger charge is -2.10. The SMILES string of the molecule is CNc1ncc([N+](=O)[O-])cc1C(=O)NCCOC(C)C. The normalized spacial score (nSPS) is 10.4. The van der Waals surface area contributed by atoms with Crippen molar-refractivity contribution in [2.24, 2.45) is 0 Å². The van der Waals surface area contributed by atoms with Gasteiger partial charge in [-0.05, 0) is 13.8 Å². The van der Waals surface area contributed by atoms with Crippen LogP contribution in [0.3, 0.4) is 0 Å². The molecule has 1 aromatic rings. The largest absolute Gasteiger partial charge is 0.377 e. The van der Waals surface area contributed by atoms with Crippen molar-refractivity contribution in [1.29, 1.82) is 0 Å². The van der Waals surface area contributed by atoms with Crippen LogP contribution in [0.5, 0.6) is 0 Å². The average Bonchev–Trinajstić information content (AvgIpc) is 2.42. The zero-order valence-corrected chi connectivity index (χ0v) is 11.7. The van der Waals surface area contributed by atoms with E-state index in [1.165, 1.54) is 6.07 Å². The Morgan fingerprint density at radius 2 is 2.25 bits per heavy atom. The molecule has 1 heterocycles. The lowest BCUT2D eigenvalue weighted by Crippen LogP contribution is -2.29. The summed E-state index contributed by atoms with van der Waals surface area (Å²) in [7, 11) is 1.59. The number of carbonyl (C=O) groups excluding carboxylic acids is 1. The van der Waals surface area contributed by atoms with E-state index in [-0.39, 0.29) is 23.2 Å². The fourth-order valence-corrected chi connectivity index (χ4v) is 1.48. The Morgan fingerprint density at radius 1 is 1.55 bits per heavy atom. The van der Waals surface area contributed by atoms with Gasteiger partial charge in [-0.25, -0.2) is 4.98 Å². The van der Waals surface area contributed by atoms with Gasteiger partial charge in [0.05, 0.1) is 23.2 Å². The molecule has 0 bridgehead atoms. The number of pyridine rings is 1. The molecule has 1 amide bonds. The van der Waals surface area contributed by atoms with Gasteiger partial charge in [0.2, 0.25) is 0 Å². The van der Waals surface area contributed by atoms with Gasteiger partial charge >= 0.3 is 0 Å². The van der Waals surface area contributed by atoms with Gasteiger partial charge < -0.3 is 15.4 Å². The van der Waals surface area contributed by atoms with Crippen molar-refractivity contribution in [1.82, 2.24) is 10.3 Å². The number of nitrogens with zero attached hydrogens (tertiary/aromatic N) is 2. The first-order valence-corrected chi connectivity index (χ1v) is 6.17. The van der Waals surface area contributed by atoms with Crippen LogP contribution < -0.4 is 10.6 Å². The molecular weight excluding hydrogens is 264 g/mol. The van der Waals surface area contributed by atoms with E-state index in [1.807, 2.05) is 13.8 Å². The maximum absolute atomic E-state index is 12.0. The van der Waals surface area contributed by atoms with Crippen molar-refractivity contribution in [2.75, 3.05) is 25.5 Å². The molecule has 1 rings (SSSR count). The summed E-state index contributed by atoms with van der Waals surface area (Å²) in [6, 6.07) is 1.19. The number of anilines is 1. The minimum Gasteiger partial charge on any atom is -0.377 e. The van der Waals surface area contributed by atoms with Crippen molar-refractivity contribution < 1.29 is 14.5 Å². The van der Waals surface area contributed by atoms with Crippen LogP contribution in [-0.2, 0) is 4.74 Å². The van der Waals surface area contributed by atoms with Gasteiger partial charge in [-0.2, -0.15) is 0 Å². The fourth-order valence-electron chi connectivity index (χ4n) is 1.48. The van der Waals surface area contributed by atoms with Gasteiger partial charge in [-0.3, -0.25) is 14.9 Å². The molecule has 0 saturated heterocycles. The maximum Gasteiger partial charge on any atom is 0.288 e. The number of carbonyl (C=O) groups is 1. The number of amides is 1.